The highest BCUT2D eigenvalue weighted by molar-refractivity contribution is 4.63. The molecular weight excluding hydrogens is 162 g/mol. The number of rotatable bonds is 9. The predicted octanol–water partition coefficient (Wildman–Crippen LogP) is 2.32. The van der Waals surface area contributed by atoms with E-state index < -0.39 is 0 Å². The smallest absolute Gasteiger partial charge is 0.0584 e. The average molecular weight is 187 g/mol. The van der Waals surface area contributed by atoms with Gasteiger partial charge < -0.3 is 10.4 Å². The van der Waals surface area contributed by atoms with Crippen LogP contribution in [0.5, 0.6) is 0 Å². The molecule has 0 radical (unpaired) electrons. The van der Waals surface area contributed by atoms with E-state index in [4.69, 9.17) is 5.11 Å². The summed E-state index contributed by atoms with van der Waals surface area (Å²) in [6.07, 6.45) is 7.41. The van der Waals surface area contributed by atoms with Crippen molar-refractivity contribution in [2.45, 2.75) is 58.4 Å². The largest absolute Gasteiger partial charge is 0.395 e. The Labute approximate surface area is 82.7 Å². The van der Waals surface area contributed by atoms with E-state index in [0.29, 0.717) is 6.04 Å². The Balaban J connectivity index is 3.17. The number of nitrogens with one attached hydrogen (secondary N) is 1. The molecule has 0 spiro atoms. The van der Waals surface area contributed by atoms with Crippen LogP contribution in [-0.2, 0) is 0 Å². The molecule has 0 heterocycles. The first-order valence-electron chi connectivity index (χ1n) is 5.69. The van der Waals surface area contributed by atoms with E-state index in [9.17, 15) is 0 Å². The third-order valence-electron chi connectivity index (χ3n) is 2.32. The quantitative estimate of drug-likeness (QED) is 0.543. The highest BCUT2D eigenvalue weighted by Crippen LogP contribution is 1.99. The van der Waals surface area contributed by atoms with E-state index >= 15 is 0 Å². The maximum atomic E-state index is 9.00. The van der Waals surface area contributed by atoms with E-state index in [-0.39, 0.29) is 6.61 Å². The molecule has 13 heavy (non-hydrogen) atoms. The Morgan fingerprint density at radius 1 is 1.08 bits per heavy atom. The summed E-state index contributed by atoms with van der Waals surface area (Å²) in [5, 5.41) is 12.4. The summed E-state index contributed by atoms with van der Waals surface area (Å²) in [6, 6.07) is 0.326. The fourth-order valence-corrected chi connectivity index (χ4v) is 1.46. The van der Waals surface area contributed by atoms with Crippen LogP contribution in [0.25, 0.3) is 0 Å². The highest BCUT2D eigenvalue weighted by atomic mass is 16.3. The van der Waals surface area contributed by atoms with E-state index in [1.165, 1.54) is 25.7 Å². The van der Waals surface area contributed by atoms with Crippen molar-refractivity contribution in [3.63, 3.8) is 0 Å². The SMILES string of the molecule is CCCCCCNC(CO)CCC. The molecule has 0 saturated carbocycles. The molecule has 2 heteroatoms. The Bertz CT molecular complexity index is 96.1. The van der Waals surface area contributed by atoms with E-state index in [1.807, 2.05) is 0 Å². The van der Waals surface area contributed by atoms with Gasteiger partial charge in [-0.25, -0.2) is 0 Å². The Hall–Kier alpha value is -0.0800. The number of aliphatic hydroxyl groups excluding tert-OH is 1. The summed E-state index contributed by atoms with van der Waals surface area (Å²) in [4.78, 5) is 0. The van der Waals surface area contributed by atoms with Crippen LogP contribution in [0.1, 0.15) is 52.4 Å². The molecule has 0 aromatic rings. The van der Waals surface area contributed by atoms with Gasteiger partial charge in [-0.2, -0.15) is 0 Å². The standard InChI is InChI=1S/C11H25NO/c1-3-5-6-7-9-12-11(10-13)8-4-2/h11-13H,3-10H2,1-2H3. The minimum absolute atomic E-state index is 0.279. The highest BCUT2D eigenvalue weighted by Gasteiger charge is 2.03. The van der Waals surface area contributed by atoms with Crippen molar-refractivity contribution in [2.24, 2.45) is 0 Å². The zero-order valence-electron chi connectivity index (χ0n) is 9.18. The number of hydrogen-bond acceptors (Lipinski definition) is 2. The molecule has 0 rings (SSSR count). The van der Waals surface area contributed by atoms with Crippen molar-refractivity contribution in [2.75, 3.05) is 13.2 Å². The molecule has 0 aliphatic rings. The first-order valence-corrected chi connectivity index (χ1v) is 5.69. The van der Waals surface area contributed by atoms with Gasteiger partial charge in [0.25, 0.3) is 0 Å². The molecule has 1 unspecified atom stereocenters. The third kappa shape index (κ3) is 8.26. The molecule has 80 valence electrons. The monoisotopic (exact) mass is 187 g/mol. The second-order valence-corrected chi connectivity index (χ2v) is 3.68. The first kappa shape index (κ1) is 12.9. The van der Waals surface area contributed by atoms with Gasteiger partial charge in [-0.15, -0.1) is 0 Å². The number of unbranched alkanes of at least 4 members (excludes halogenated alkanes) is 3. The fourth-order valence-electron chi connectivity index (χ4n) is 1.46. The maximum absolute atomic E-state index is 9.00. The molecule has 0 fully saturated rings. The lowest BCUT2D eigenvalue weighted by molar-refractivity contribution is 0.234. The predicted molar refractivity (Wildman–Crippen MR) is 57.9 cm³/mol. The second-order valence-electron chi connectivity index (χ2n) is 3.68. The van der Waals surface area contributed by atoms with Crippen molar-refractivity contribution < 1.29 is 5.11 Å². The zero-order chi connectivity index (χ0) is 9.94. The van der Waals surface area contributed by atoms with Crippen LogP contribution in [-0.4, -0.2) is 24.3 Å². The van der Waals surface area contributed by atoms with Gasteiger partial charge in [0.15, 0.2) is 0 Å². The fraction of sp³-hybridized carbons (Fsp3) is 1.00. The van der Waals surface area contributed by atoms with E-state index in [2.05, 4.69) is 19.2 Å². The molecular formula is C11H25NO. The van der Waals surface area contributed by atoms with Gasteiger partial charge in [0.05, 0.1) is 6.61 Å². The van der Waals surface area contributed by atoms with Crippen LogP contribution in [0.2, 0.25) is 0 Å². The van der Waals surface area contributed by atoms with Crippen molar-refractivity contribution in [1.29, 1.82) is 0 Å². The summed E-state index contributed by atoms with van der Waals surface area (Å²) >= 11 is 0. The molecule has 1 atom stereocenters. The van der Waals surface area contributed by atoms with Gasteiger partial charge in [0.2, 0.25) is 0 Å². The maximum Gasteiger partial charge on any atom is 0.0584 e. The van der Waals surface area contributed by atoms with Gasteiger partial charge in [-0.1, -0.05) is 39.5 Å². The molecule has 0 aromatic carbocycles. The van der Waals surface area contributed by atoms with Gasteiger partial charge in [-0.3, -0.25) is 0 Å². The summed E-state index contributed by atoms with van der Waals surface area (Å²) < 4.78 is 0. The minimum Gasteiger partial charge on any atom is -0.395 e. The first-order chi connectivity index (χ1) is 6.35. The van der Waals surface area contributed by atoms with Gasteiger partial charge >= 0.3 is 0 Å². The second kappa shape index (κ2) is 10.0. The number of aliphatic hydroxyl groups is 1. The van der Waals surface area contributed by atoms with E-state index in [0.717, 1.165) is 19.4 Å². The van der Waals surface area contributed by atoms with Gasteiger partial charge in [-0.05, 0) is 19.4 Å². The van der Waals surface area contributed by atoms with Gasteiger partial charge in [0.1, 0.15) is 0 Å². The lowest BCUT2D eigenvalue weighted by atomic mass is 10.1. The number of hydrogen-bond donors (Lipinski definition) is 2. The van der Waals surface area contributed by atoms with Crippen LogP contribution < -0.4 is 5.32 Å². The molecule has 0 aliphatic heterocycles. The van der Waals surface area contributed by atoms with Crippen molar-refractivity contribution in [3.05, 3.63) is 0 Å². The van der Waals surface area contributed by atoms with Crippen LogP contribution in [0, 0.1) is 0 Å². The molecule has 2 nitrogen and oxygen atoms in total. The van der Waals surface area contributed by atoms with Crippen LogP contribution >= 0.6 is 0 Å². The van der Waals surface area contributed by atoms with Crippen LogP contribution in [0.15, 0.2) is 0 Å². The van der Waals surface area contributed by atoms with Crippen molar-refractivity contribution in [1.82, 2.24) is 5.32 Å². The summed E-state index contributed by atoms with van der Waals surface area (Å²) in [6.45, 7) is 5.72. The van der Waals surface area contributed by atoms with Crippen molar-refractivity contribution in [3.8, 4) is 0 Å². The molecule has 0 aromatic heterocycles. The topological polar surface area (TPSA) is 32.3 Å². The molecule has 0 amide bonds. The van der Waals surface area contributed by atoms with Crippen LogP contribution in [0.4, 0.5) is 0 Å². The lowest BCUT2D eigenvalue weighted by Crippen LogP contribution is -2.32. The minimum atomic E-state index is 0.279. The third-order valence-corrected chi connectivity index (χ3v) is 2.32. The Kier molecular flexibility index (Phi) is 9.94. The Morgan fingerprint density at radius 2 is 1.85 bits per heavy atom. The molecule has 2 N–H and O–H groups in total. The molecule has 0 bridgehead atoms. The van der Waals surface area contributed by atoms with Crippen LogP contribution in [0.3, 0.4) is 0 Å². The summed E-state index contributed by atoms with van der Waals surface area (Å²) in [5.41, 5.74) is 0. The van der Waals surface area contributed by atoms with Crippen molar-refractivity contribution >= 4 is 0 Å². The van der Waals surface area contributed by atoms with Gasteiger partial charge in [0, 0.05) is 6.04 Å². The molecule has 0 saturated heterocycles. The lowest BCUT2D eigenvalue weighted by Gasteiger charge is -2.14. The summed E-state index contributed by atoms with van der Waals surface area (Å²) in [5.74, 6) is 0. The normalized spacial score (nSPS) is 13.2. The Morgan fingerprint density at radius 3 is 2.38 bits per heavy atom. The zero-order valence-corrected chi connectivity index (χ0v) is 9.18. The van der Waals surface area contributed by atoms with E-state index in [1.54, 1.807) is 0 Å². The average Bonchev–Trinajstić information content (AvgIpc) is 2.16. The summed E-state index contributed by atoms with van der Waals surface area (Å²) in [7, 11) is 0. The molecule has 0 aliphatic carbocycles.